The van der Waals surface area contributed by atoms with Crippen molar-refractivity contribution in [3.8, 4) is 0 Å². The van der Waals surface area contributed by atoms with Crippen molar-refractivity contribution in [3.05, 3.63) is 24.3 Å². The number of hydrogen-bond acceptors (Lipinski definition) is 2. The molecule has 0 aliphatic rings. The van der Waals surface area contributed by atoms with Crippen LogP contribution in [0.1, 0.15) is 200 Å². The van der Waals surface area contributed by atoms with Gasteiger partial charge in [0.05, 0.1) is 33.6 Å². The molecule has 0 aromatic carbocycles. The summed E-state index contributed by atoms with van der Waals surface area (Å²) >= 11 is 0. The number of hydrogen-bond donors (Lipinski definition) is 0. The third kappa shape index (κ3) is 36.1. The summed E-state index contributed by atoms with van der Waals surface area (Å²) in [4.78, 5) is 25.9. The molecule has 0 aliphatic heterocycles. The Morgan fingerprint density at radius 1 is 0.478 bits per heavy atom. The van der Waals surface area contributed by atoms with Gasteiger partial charge in [0.15, 0.2) is 0 Å². The molecule has 46 heavy (non-hydrogen) atoms. The second kappa shape index (κ2) is 35.6. The van der Waals surface area contributed by atoms with Crippen LogP contribution in [0.3, 0.4) is 0 Å². The van der Waals surface area contributed by atoms with Crippen molar-refractivity contribution in [3.63, 3.8) is 0 Å². The van der Waals surface area contributed by atoms with Gasteiger partial charge in [0.2, 0.25) is 0 Å². The number of nitrogens with zero attached hydrogens (tertiary/aromatic N) is 1. The van der Waals surface area contributed by atoms with E-state index in [-0.39, 0.29) is 22.9 Å². The fraction of sp³-hybridized carbons (Fsp3) is 0.857. The monoisotopic (exact) mass is 710 g/mol. The van der Waals surface area contributed by atoms with E-state index in [9.17, 15) is 9.59 Å². The van der Waals surface area contributed by atoms with Gasteiger partial charge in [-0.15, -0.1) is 0 Å². The van der Waals surface area contributed by atoms with Crippen LogP contribution >= 0.6 is 0 Å². The molecule has 0 N–H and O–H groups in total. The van der Waals surface area contributed by atoms with Crippen LogP contribution in [0.5, 0.6) is 0 Å². The topological polar surface area (TPSA) is 34.1 Å². The summed E-state index contributed by atoms with van der Waals surface area (Å²) in [6.45, 7) is 5.31. The molecule has 0 aliphatic carbocycles. The Hall–Kier alpha value is -0.740. The minimum atomic E-state index is -0.114. The molecule has 0 fully saturated rings. The van der Waals surface area contributed by atoms with Crippen LogP contribution in [0.4, 0.5) is 0 Å². The summed E-state index contributed by atoms with van der Waals surface area (Å²) in [5, 5.41) is 0. The van der Waals surface area contributed by atoms with Crippen LogP contribution in [0.2, 0.25) is 0 Å². The first-order valence-corrected chi connectivity index (χ1v) is 19.9. The van der Waals surface area contributed by atoms with Gasteiger partial charge in [-0.25, -0.2) is 0 Å². The SMILES string of the molecule is CCCCCCCC/C=C\CCCCCCCC(=O)CC(C[N+](C)(C)C)C(=O)CCCCCCC/C=C\CCCCCCCC.[Br-]. The van der Waals surface area contributed by atoms with Crippen molar-refractivity contribution < 1.29 is 31.1 Å². The van der Waals surface area contributed by atoms with Crippen molar-refractivity contribution in [2.45, 2.75) is 200 Å². The first-order valence-electron chi connectivity index (χ1n) is 19.9. The molecule has 272 valence electrons. The highest BCUT2D eigenvalue weighted by molar-refractivity contribution is 5.88. The summed E-state index contributed by atoms with van der Waals surface area (Å²) in [6.07, 6.45) is 44.3. The largest absolute Gasteiger partial charge is 1.00 e. The maximum Gasteiger partial charge on any atom is 0.142 e. The zero-order valence-electron chi connectivity index (χ0n) is 31.7. The van der Waals surface area contributed by atoms with E-state index in [1.807, 2.05) is 0 Å². The number of unbranched alkanes of at least 4 members (excludes halogenated alkanes) is 22. The summed E-state index contributed by atoms with van der Waals surface area (Å²) in [7, 11) is 6.41. The number of allylic oxidation sites excluding steroid dienone is 4. The van der Waals surface area contributed by atoms with E-state index in [1.165, 1.54) is 141 Å². The smallest absolute Gasteiger partial charge is 0.142 e. The van der Waals surface area contributed by atoms with Gasteiger partial charge in [-0.05, 0) is 64.2 Å². The lowest BCUT2D eigenvalue weighted by molar-refractivity contribution is -0.872. The predicted molar refractivity (Wildman–Crippen MR) is 200 cm³/mol. The van der Waals surface area contributed by atoms with Gasteiger partial charge in [-0.1, -0.05) is 141 Å². The van der Waals surface area contributed by atoms with E-state index in [1.54, 1.807) is 0 Å². The highest BCUT2D eigenvalue weighted by atomic mass is 79.9. The molecule has 0 amide bonds. The van der Waals surface area contributed by atoms with Crippen molar-refractivity contribution in [1.29, 1.82) is 0 Å². The Bertz CT molecular complexity index is 724. The van der Waals surface area contributed by atoms with Gasteiger partial charge in [0, 0.05) is 19.3 Å². The van der Waals surface area contributed by atoms with Crippen LogP contribution in [-0.4, -0.2) is 43.7 Å². The van der Waals surface area contributed by atoms with Crippen molar-refractivity contribution in [1.82, 2.24) is 0 Å². The number of carbonyl (C=O) groups excluding carboxylic acids is 2. The molecule has 0 aromatic rings. The summed E-state index contributed by atoms with van der Waals surface area (Å²) in [5.74, 6) is 0.500. The summed E-state index contributed by atoms with van der Waals surface area (Å²) in [5.41, 5.74) is 0. The minimum absolute atomic E-state index is 0. The first-order chi connectivity index (χ1) is 21.8. The van der Waals surface area contributed by atoms with Gasteiger partial charge in [0.1, 0.15) is 11.6 Å². The van der Waals surface area contributed by atoms with Crippen molar-refractivity contribution in [2.75, 3.05) is 27.7 Å². The normalized spacial score (nSPS) is 12.6. The van der Waals surface area contributed by atoms with Crippen LogP contribution < -0.4 is 17.0 Å². The number of quaternary nitrogens is 1. The van der Waals surface area contributed by atoms with E-state index in [2.05, 4.69) is 59.3 Å². The van der Waals surface area contributed by atoms with Gasteiger partial charge >= 0.3 is 0 Å². The number of rotatable bonds is 35. The van der Waals surface area contributed by atoms with E-state index in [0.29, 0.717) is 30.8 Å². The van der Waals surface area contributed by atoms with Gasteiger partial charge in [-0.2, -0.15) is 0 Å². The molecule has 3 nitrogen and oxygen atoms in total. The Kier molecular flexibility index (Phi) is 36.6. The van der Waals surface area contributed by atoms with Gasteiger partial charge in [-0.3, -0.25) is 9.59 Å². The van der Waals surface area contributed by atoms with Crippen LogP contribution in [0.25, 0.3) is 0 Å². The third-order valence-corrected chi connectivity index (χ3v) is 9.10. The standard InChI is InChI=1S/C42H80NO2.BrH/c1-6-8-10-12-14-16-18-20-22-24-26-28-30-32-34-36-41(44)38-40(39-43(3,4)5)42(45)37-35-33-31-29-27-25-23-21-19-17-15-13-11-9-7-2;/h20-23,40H,6-19,24-39H2,1-5H3;1H/q+1;/p-1/b22-20-,23-21-;. The maximum absolute atomic E-state index is 13.1. The van der Waals surface area contributed by atoms with Crippen LogP contribution in [0, 0.1) is 5.92 Å². The van der Waals surface area contributed by atoms with E-state index in [0.717, 1.165) is 36.7 Å². The molecule has 4 heteroatoms. The molecule has 0 aromatic heterocycles. The lowest BCUT2D eigenvalue weighted by Crippen LogP contribution is -3.00. The summed E-state index contributed by atoms with van der Waals surface area (Å²) in [6, 6.07) is 0. The summed E-state index contributed by atoms with van der Waals surface area (Å²) < 4.78 is 0.740. The Morgan fingerprint density at radius 2 is 0.804 bits per heavy atom. The predicted octanol–water partition coefficient (Wildman–Crippen LogP) is 9.92. The number of Topliss-reactive ketones (excluding diaryl/α,β-unsaturated/α-hetero) is 2. The molecule has 0 saturated carbocycles. The molecule has 0 heterocycles. The molecule has 0 saturated heterocycles. The molecule has 0 rings (SSSR count). The molecule has 0 bridgehead atoms. The minimum Gasteiger partial charge on any atom is -1.00 e. The van der Waals surface area contributed by atoms with Crippen LogP contribution in [-0.2, 0) is 9.59 Å². The average Bonchev–Trinajstić information content (AvgIpc) is 3.00. The maximum atomic E-state index is 13.1. The fourth-order valence-corrected chi connectivity index (χ4v) is 6.29. The first kappa shape index (κ1) is 47.4. The molecular formula is C42H80BrNO2. The van der Waals surface area contributed by atoms with Crippen molar-refractivity contribution in [2.24, 2.45) is 5.92 Å². The highest BCUT2D eigenvalue weighted by Gasteiger charge is 2.27. The Labute approximate surface area is 299 Å². The van der Waals surface area contributed by atoms with E-state index in [4.69, 9.17) is 0 Å². The zero-order valence-corrected chi connectivity index (χ0v) is 33.3. The lowest BCUT2D eigenvalue weighted by atomic mass is 9.91. The average molecular weight is 711 g/mol. The quantitative estimate of drug-likeness (QED) is 0.0373. The van der Waals surface area contributed by atoms with Crippen LogP contribution in [0.15, 0.2) is 24.3 Å². The van der Waals surface area contributed by atoms with Gasteiger partial charge in [0.25, 0.3) is 0 Å². The molecule has 1 unspecified atom stereocenters. The second-order valence-electron chi connectivity index (χ2n) is 15.0. The number of carbonyl (C=O) groups is 2. The van der Waals surface area contributed by atoms with Crippen molar-refractivity contribution >= 4 is 11.6 Å². The fourth-order valence-electron chi connectivity index (χ4n) is 6.29. The Morgan fingerprint density at radius 3 is 1.17 bits per heavy atom. The number of ketones is 2. The molecule has 0 radical (unpaired) electrons. The zero-order chi connectivity index (χ0) is 33.3. The molecule has 0 spiro atoms. The lowest BCUT2D eigenvalue weighted by Gasteiger charge is -2.28. The van der Waals surface area contributed by atoms with E-state index < -0.39 is 0 Å². The van der Waals surface area contributed by atoms with Gasteiger partial charge < -0.3 is 21.5 Å². The Balaban J connectivity index is 0. The third-order valence-electron chi connectivity index (χ3n) is 9.10. The second-order valence-corrected chi connectivity index (χ2v) is 15.0. The molecular weight excluding hydrogens is 630 g/mol. The highest BCUT2D eigenvalue weighted by Crippen LogP contribution is 2.18. The molecule has 1 atom stereocenters. The number of halogens is 1. The van der Waals surface area contributed by atoms with E-state index >= 15 is 0 Å².